The molecule has 2 N–H and O–H groups in total. The molecule has 0 aliphatic rings. The molecule has 0 fully saturated rings. The van der Waals surface area contributed by atoms with Gasteiger partial charge in [-0.05, 0) is 35.2 Å². The van der Waals surface area contributed by atoms with E-state index in [4.69, 9.17) is 24.5 Å². The van der Waals surface area contributed by atoms with Gasteiger partial charge in [-0.1, -0.05) is 11.2 Å². The molecule has 1 aromatic carbocycles. The second-order valence-electron chi connectivity index (χ2n) is 5.58. The number of allylic oxidation sites excluding steroid dienone is 1. The molecule has 0 bridgehead atoms. The van der Waals surface area contributed by atoms with Crippen molar-refractivity contribution in [2.24, 2.45) is 5.73 Å². The monoisotopic (exact) mass is 412 g/mol. The SMILES string of the molecule is COc1cc(/C=C(\C#N)c2nc(-c3cccs3)no2)cc(OC)c1OCC(N)=O. The molecule has 29 heavy (non-hydrogen) atoms. The van der Waals surface area contributed by atoms with Gasteiger partial charge in [-0.3, -0.25) is 4.79 Å². The summed E-state index contributed by atoms with van der Waals surface area (Å²) in [6.45, 7) is -0.334. The first-order valence-corrected chi connectivity index (χ1v) is 9.10. The number of ether oxygens (including phenoxy) is 3. The smallest absolute Gasteiger partial charge is 0.268 e. The first-order valence-electron chi connectivity index (χ1n) is 8.22. The Kier molecular flexibility index (Phi) is 6.11. The third kappa shape index (κ3) is 4.53. The Balaban J connectivity index is 1.97. The number of aromatic nitrogens is 2. The van der Waals surface area contributed by atoms with Gasteiger partial charge in [0.25, 0.3) is 11.8 Å². The molecule has 2 heterocycles. The molecule has 0 saturated carbocycles. The minimum absolute atomic E-state index is 0.0860. The lowest BCUT2D eigenvalue weighted by Crippen LogP contribution is -2.20. The van der Waals surface area contributed by atoms with Crippen LogP contribution in [0.4, 0.5) is 0 Å². The van der Waals surface area contributed by atoms with Crippen LogP contribution in [0.5, 0.6) is 17.2 Å². The molecule has 2 aromatic heterocycles. The fourth-order valence-electron chi connectivity index (χ4n) is 2.42. The fourth-order valence-corrected chi connectivity index (χ4v) is 3.07. The van der Waals surface area contributed by atoms with E-state index in [1.165, 1.54) is 25.6 Å². The maximum Gasteiger partial charge on any atom is 0.268 e. The van der Waals surface area contributed by atoms with Gasteiger partial charge >= 0.3 is 0 Å². The number of benzene rings is 1. The Hall–Kier alpha value is -3.84. The third-order valence-electron chi connectivity index (χ3n) is 3.67. The molecule has 0 spiro atoms. The van der Waals surface area contributed by atoms with Crippen molar-refractivity contribution in [3.63, 3.8) is 0 Å². The van der Waals surface area contributed by atoms with Crippen molar-refractivity contribution in [3.05, 3.63) is 41.1 Å². The molecule has 0 aliphatic carbocycles. The molecular formula is C19H16N4O5S. The summed E-state index contributed by atoms with van der Waals surface area (Å²) < 4.78 is 21.2. The predicted octanol–water partition coefficient (Wildman–Crippen LogP) is 2.74. The number of nitriles is 1. The van der Waals surface area contributed by atoms with Crippen LogP contribution < -0.4 is 19.9 Å². The van der Waals surface area contributed by atoms with E-state index < -0.39 is 5.91 Å². The maximum absolute atomic E-state index is 11.0. The van der Waals surface area contributed by atoms with Crippen molar-refractivity contribution in [2.45, 2.75) is 0 Å². The normalized spacial score (nSPS) is 11.0. The lowest BCUT2D eigenvalue weighted by molar-refractivity contribution is -0.120. The van der Waals surface area contributed by atoms with Crippen molar-refractivity contribution in [3.8, 4) is 34.0 Å². The number of carbonyl (C=O) groups excluding carboxylic acids is 1. The maximum atomic E-state index is 11.0. The quantitative estimate of drug-likeness (QED) is 0.558. The Bertz CT molecular complexity index is 1060. The first-order chi connectivity index (χ1) is 14.0. The van der Waals surface area contributed by atoms with Crippen LogP contribution in [0.2, 0.25) is 0 Å². The standard InChI is InChI=1S/C19H16N4O5S/c1-25-13-7-11(8-14(26-2)17(13)27-10-16(21)24)6-12(9-20)19-22-18(23-28-19)15-4-3-5-29-15/h3-8H,10H2,1-2H3,(H2,21,24)/b12-6+. The second-order valence-corrected chi connectivity index (χ2v) is 6.53. The van der Waals surface area contributed by atoms with E-state index in [0.717, 1.165) is 4.88 Å². The Morgan fingerprint density at radius 2 is 2.07 bits per heavy atom. The van der Waals surface area contributed by atoms with Gasteiger partial charge < -0.3 is 24.5 Å². The predicted molar refractivity (Wildman–Crippen MR) is 105 cm³/mol. The molecule has 0 saturated heterocycles. The molecule has 3 rings (SSSR count). The number of rotatable bonds is 8. The largest absolute Gasteiger partial charge is 0.493 e. The topological polar surface area (TPSA) is 133 Å². The Morgan fingerprint density at radius 3 is 2.62 bits per heavy atom. The molecule has 10 heteroatoms. The van der Waals surface area contributed by atoms with Gasteiger partial charge in [0.1, 0.15) is 11.6 Å². The zero-order valence-corrected chi connectivity index (χ0v) is 16.4. The molecule has 148 valence electrons. The number of amides is 1. The highest BCUT2D eigenvalue weighted by atomic mass is 32.1. The molecule has 3 aromatic rings. The van der Waals surface area contributed by atoms with Gasteiger partial charge in [0.15, 0.2) is 18.1 Å². The second kappa shape index (κ2) is 8.90. The van der Waals surface area contributed by atoms with Gasteiger partial charge in [0.2, 0.25) is 11.6 Å². The average molecular weight is 412 g/mol. The van der Waals surface area contributed by atoms with Crippen LogP contribution in [-0.4, -0.2) is 36.9 Å². The minimum atomic E-state index is -0.636. The lowest BCUT2D eigenvalue weighted by atomic mass is 10.1. The van der Waals surface area contributed by atoms with Crippen molar-refractivity contribution in [1.82, 2.24) is 10.1 Å². The molecule has 0 unspecified atom stereocenters. The van der Waals surface area contributed by atoms with Crippen LogP contribution in [0.15, 0.2) is 34.2 Å². The number of hydrogen-bond donors (Lipinski definition) is 1. The number of methoxy groups -OCH3 is 2. The molecule has 0 radical (unpaired) electrons. The number of primary amides is 1. The summed E-state index contributed by atoms with van der Waals surface area (Å²) in [7, 11) is 2.88. The zero-order chi connectivity index (χ0) is 20.8. The van der Waals surface area contributed by atoms with Crippen LogP contribution in [0, 0.1) is 11.3 Å². The summed E-state index contributed by atoms with van der Waals surface area (Å²) in [5.74, 6) is 0.687. The van der Waals surface area contributed by atoms with Crippen LogP contribution in [0.25, 0.3) is 22.4 Å². The van der Waals surface area contributed by atoms with Crippen LogP contribution in [0.3, 0.4) is 0 Å². The van der Waals surface area contributed by atoms with E-state index in [1.54, 1.807) is 18.2 Å². The number of hydrogen-bond acceptors (Lipinski definition) is 9. The molecule has 0 atom stereocenters. The van der Waals surface area contributed by atoms with Crippen molar-refractivity contribution in [1.29, 1.82) is 5.26 Å². The number of thiophene rings is 1. The molecular weight excluding hydrogens is 396 g/mol. The van der Waals surface area contributed by atoms with Crippen LogP contribution >= 0.6 is 11.3 Å². The van der Waals surface area contributed by atoms with E-state index >= 15 is 0 Å². The fraction of sp³-hybridized carbons (Fsp3) is 0.158. The van der Waals surface area contributed by atoms with Gasteiger partial charge in [-0.15, -0.1) is 11.3 Å². The Labute approximate surface area is 169 Å². The summed E-state index contributed by atoms with van der Waals surface area (Å²) in [6, 6.07) is 9.01. The van der Waals surface area contributed by atoms with Crippen molar-refractivity contribution in [2.75, 3.05) is 20.8 Å². The number of nitrogens with two attached hydrogens (primary N) is 1. The van der Waals surface area contributed by atoms with Crippen molar-refractivity contribution < 1.29 is 23.5 Å². The summed E-state index contributed by atoms with van der Waals surface area (Å²) >= 11 is 1.46. The highest BCUT2D eigenvalue weighted by molar-refractivity contribution is 7.13. The molecule has 1 amide bonds. The third-order valence-corrected chi connectivity index (χ3v) is 4.54. The highest BCUT2D eigenvalue weighted by Gasteiger charge is 2.17. The molecule has 9 nitrogen and oxygen atoms in total. The first kappa shape index (κ1) is 19.9. The van der Waals surface area contributed by atoms with Gasteiger partial charge in [-0.2, -0.15) is 10.2 Å². The number of carbonyl (C=O) groups is 1. The van der Waals surface area contributed by atoms with Gasteiger partial charge in [-0.25, -0.2) is 0 Å². The van der Waals surface area contributed by atoms with E-state index in [0.29, 0.717) is 22.9 Å². The molecule has 0 aliphatic heterocycles. The van der Waals surface area contributed by atoms with E-state index in [2.05, 4.69) is 10.1 Å². The van der Waals surface area contributed by atoms with Gasteiger partial charge in [0, 0.05) is 0 Å². The Morgan fingerprint density at radius 1 is 1.34 bits per heavy atom. The minimum Gasteiger partial charge on any atom is -0.493 e. The van der Waals surface area contributed by atoms with Crippen LogP contribution in [-0.2, 0) is 4.79 Å². The lowest BCUT2D eigenvalue weighted by Gasteiger charge is -2.14. The van der Waals surface area contributed by atoms with Crippen molar-refractivity contribution >= 4 is 28.9 Å². The van der Waals surface area contributed by atoms with E-state index in [-0.39, 0.29) is 23.8 Å². The van der Waals surface area contributed by atoms with E-state index in [1.807, 2.05) is 23.6 Å². The highest BCUT2D eigenvalue weighted by Crippen LogP contribution is 2.39. The number of nitrogens with zero attached hydrogens (tertiary/aromatic N) is 3. The van der Waals surface area contributed by atoms with Crippen LogP contribution in [0.1, 0.15) is 11.5 Å². The average Bonchev–Trinajstić information content (AvgIpc) is 3.41. The van der Waals surface area contributed by atoms with E-state index in [9.17, 15) is 10.1 Å². The summed E-state index contributed by atoms with van der Waals surface area (Å²) in [5.41, 5.74) is 5.85. The van der Waals surface area contributed by atoms with Gasteiger partial charge in [0.05, 0.1) is 19.1 Å². The summed E-state index contributed by atoms with van der Waals surface area (Å²) in [6.07, 6.45) is 1.55. The summed E-state index contributed by atoms with van der Waals surface area (Å²) in [5, 5.41) is 15.4. The summed E-state index contributed by atoms with van der Waals surface area (Å²) in [4.78, 5) is 16.1. The zero-order valence-electron chi connectivity index (χ0n) is 15.5.